The fourth-order valence-corrected chi connectivity index (χ4v) is 4.19. The van der Waals surface area contributed by atoms with Crippen LogP contribution in [0, 0.1) is 5.92 Å². The number of anilines is 1. The lowest BCUT2D eigenvalue weighted by Gasteiger charge is -2.30. The van der Waals surface area contributed by atoms with Crippen LogP contribution in [0.25, 0.3) is 10.9 Å². The molecule has 2 saturated carbocycles. The molecule has 1 aromatic heterocycles. The molecule has 2 aliphatic rings. The summed E-state index contributed by atoms with van der Waals surface area (Å²) < 4.78 is 0.949. The number of benzene rings is 1. The highest BCUT2D eigenvalue weighted by molar-refractivity contribution is 9.10. The molecule has 27 heavy (non-hydrogen) atoms. The first-order valence-corrected chi connectivity index (χ1v) is 10.2. The third-order valence-electron chi connectivity index (χ3n) is 5.45. The normalized spacial score (nSPS) is 22.4. The van der Waals surface area contributed by atoms with Crippen LogP contribution in [-0.2, 0) is 0 Å². The number of nitrogens with zero attached hydrogens (tertiary/aromatic N) is 1. The summed E-state index contributed by atoms with van der Waals surface area (Å²) in [5.74, 6) is 0.306. The Bertz CT molecular complexity index is 889. The summed E-state index contributed by atoms with van der Waals surface area (Å²) in [6.07, 6.45) is 5.97. The largest absolute Gasteiger partial charge is 0.465 e. The van der Waals surface area contributed by atoms with Gasteiger partial charge >= 0.3 is 6.09 Å². The van der Waals surface area contributed by atoms with Gasteiger partial charge in [-0.05, 0) is 56.7 Å². The number of Topliss-reactive ketones (excluding diaryl/α,β-unsaturated/α-hetero) is 1. The number of rotatable bonds is 5. The number of carboxylic acid groups (broad SMARTS) is 1. The molecule has 6 nitrogen and oxygen atoms in total. The van der Waals surface area contributed by atoms with E-state index in [9.17, 15) is 9.59 Å². The van der Waals surface area contributed by atoms with Gasteiger partial charge < -0.3 is 15.7 Å². The molecule has 2 aromatic rings. The van der Waals surface area contributed by atoms with Crippen LogP contribution < -0.4 is 10.6 Å². The Hall–Kier alpha value is -2.15. The molecule has 4 rings (SSSR count). The number of amides is 1. The molecule has 0 spiro atoms. The number of halogens is 1. The highest BCUT2D eigenvalue weighted by Crippen LogP contribution is 2.38. The van der Waals surface area contributed by atoms with E-state index < -0.39 is 6.09 Å². The van der Waals surface area contributed by atoms with Crippen molar-refractivity contribution in [3.05, 3.63) is 34.4 Å². The second-order valence-corrected chi connectivity index (χ2v) is 8.40. The highest BCUT2D eigenvalue weighted by Gasteiger charge is 2.33. The Morgan fingerprint density at radius 2 is 1.78 bits per heavy atom. The number of carbonyl (C=O) groups is 2. The van der Waals surface area contributed by atoms with Gasteiger partial charge in [0.1, 0.15) is 0 Å². The van der Waals surface area contributed by atoms with Crippen molar-refractivity contribution in [3.63, 3.8) is 0 Å². The van der Waals surface area contributed by atoms with Gasteiger partial charge in [-0.25, -0.2) is 4.79 Å². The number of carbonyl (C=O) groups excluding carboxylic acids is 1. The molecule has 142 valence electrons. The molecule has 1 amide bonds. The molecule has 7 heteroatoms. The fourth-order valence-electron chi connectivity index (χ4n) is 3.83. The molecular formula is C20H22BrN3O3. The standard InChI is InChI=1S/C20H22BrN3O3/c21-12-3-8-17-15(9-12)18(16(10-22-17)19(25)11-1-2-11)23-13-4-6-14(7-5-13)24-20(26)27/h3,8-11,13-14,24H,1-2,4-7H2,(H,22,23)(H,26,27). The van der Waals surface area contributed by atoms with Crippen LogP contribution in [0.15, 0.2) is 28.9 Å². The number of aromatic nitrogens is 1. The average molecular weight is 432 g/mol. The van der Waals surface area contributed by atoms with Crippen LogP contribution in [-0.4, -0.2) is 34.1 Å². The Morgan fingerprint density at radius 3 is 2.44 bits per heavy atom. The zero-order valence-electron chi connectivity index (χ0n) is 14.9. The van der Waals surface area contributed by atoms with Crippen molar-refractivity contribution in [1.29, 1.82) is 0 Å². The number of hydrogen-bond donors (Lipinski definition) is 3. The maximum atomic E-state index is 12.8. The Labute approximate surface area is 165 Å². The van der Waals surface area contributed by atoms with Gasteiger partial charge in [0.15, 0.2) is 5.78 Å². The molecular weight excluding hydrogens is 410 g/mol. The van der Waals surface area contributed by atoms with Gasteiger partial charge in [0, 0.05) is 34.1 Å². The van der Waals surface area contributed by atoms with E-state index in [0.29, 0.717) is 5.56 Å². The van der Waals surface area contributed by atoms with Crippen LogP contribution in [0.3, 0.4) is 0 Å². The third-order valence-corrected chi connectivity index (χ3v) is 5.94. The lowest BCUT2D eigenvalue weighted by Crippen LogP contribution is -2.39. The van der Waals surface area contributed by atoms with Crippen LogP contribution in [0.2, 0.25) is 0 Å². The molecule has 0 unspecified atom stereocenters. The molecule has 2 aliphatic carbocycles. The van der Waals surface area contributed by atoms with E-state index in [4.69, 9.17) is 5.11 Å². The summed E-state index contributed by atoms with van der Waals surface area (Å²) in [6.45, 7) is 0. The van der Waals surface area contributed by atoms with Crippen molar-refractivity contribution < 1.29 is 14.7 Å². The molecule has 0 aliphatic heterocycles. The van der Waals surface area contributed by atoms with Gasteiger partial charge in [-0.2, -0.15) is 0 Å². The van der Waals surface area contributed by atoms with Crippen LogP contribution in [0.4, 0.5) is 10.5 Å². The fraction of sp³-hybridized carbons (Fsp3) is 0.450. The van der Waals surface area contributed by atoms with Crippen molar-refractivity contribution in [1.82, 2.24) is 10.3 Å². The number of ketones is 1. The van der Waals surface area contributed by atoms with Gasteiger partial charge in [-0.3, -0.25) is 9.78 Å². The third kappa shape index (κ3) is 4.08. The van der Waals surface area contributed by atoms with E-state index in [1.54, 1.807) is 6.20 Å². The van der Waals surface area contributed by atoms with E-state index in [1.165, 1.54) is 0 Å². The quantitative estimate of drug-likeness (QED) is 0.602. The first-order valence-electron chi connectivity index (χ1n) is 9.39. The summed E-state index contributed by atoms with van der Waals surface area (Å²) in [6, 6.07) is 6.13. The molecule has 3 N–H and O–H groups in total. The number of fused-ring (bicyclic) bond motifs is 1. The van der Waals surface area contributed by atoms with Crippen molar-refractivity contribution in [3.8, 4) is 0 Å². The zero-order chi connectivity index (χ0) is 19.0. The minimum absolute atomic E-state index is 0.0106. The molecule has 2 fully saturated rings. The van der Waals surface area contributed by atoms with Crippen LogP contribution in [0.5, 0.6) is 0 Å². The van der Waals surface area contributed by atoms with Gasteiger partial charge in [0.2, 0.25) is 0 Å². The van der Waals surface area contributed by atoms with Crippen molar-refractivity contribution in [2.24, 2.45) is 5.92 Å². The summed E-state index contributed by atoms with van der Waals surface area (Å²) in [7, 11) is 0. The minimum atomic E-state index is -0.964. The summed E-state index contributed by atoms with van der Waals surface area (Å²) in [4.78, 5) is 28.1. The van der Waals surface area contributed by atoms with Gasteiger partial charge in [-0.1, -0.05) is 15.9 Å². The number of pyridine rings is 1. The van der Waals surface area contributed by atoms with Gasteiger partial charge in [0.05, 0.1) is 16.8 Å². The van der Waals surface area contributed by atoms with Crippen molar-refractivity contribution in [2.75, 3.05) is 5.32 Å². The predicted octanol–water partition coefficient (Wildman–Crippen LogP) is 4.58. The molecule has 0 atom stereocenters. The smallest absolute Gasteiger partial charge is 0.404 e. The van der Waals surface area contributed by atoms with Gasteiger partial charge in [0.25, 0.3) is 0 Å². The summed E-state index contributed by atoms with van der Waals surface area (Å²) in [5.41, 5.74) is 2.40. The minimum Gasteiger partial charge on any atom is -0.465 e. The second kappa shape index (κ2) is 7.46. The van der Waals surface area contributed by atoms with E-state index in [2.05, 4.69) is 31.5 Å². The number of hydrogen-bond acceptors (Lipinski definition) is 4. The molecule has 1 heterocycles. The summed E-state index contributed by atoms with van der Waals surface area (Å²) >= 11 is 3.52. The van der Waals surface area contributed by atoms with Gasteiger partial charge in [-0.15, -0.1) is 0 Å². The highest BCUT2D eigenvalue weighted by atomic mass is 79.9. The van der Waals surface area contributed by atoms with E-state index in [0.717, 1.165) is 59.6 Å². The Balaban J connectivity index is 1.61. The monoisotopic (exact) mass is 431 g/mol. The van der Waals surface area contributed by atoms with E-state index >= 15 is 0 Å². The SMILES string of the molecule is O=C(O)NC1CCC(Nc2c(C(=O)C3CC3)cnc3ccc(Br)cc23)CC1. The zero-order valence-corrected chi connectivity index (χ0v) is 16.5. The predicted molar refractivity (Wildman–Crippen MR) is 107 cm³/mol. The topological polar surface area (TPSA) is 91.3 Å². The van der Waals surface area contributed by atoms with Crippen molar-refractivity contribution >= 4 is 44.4 Å². The maximum Gasteiger partial charge on any atom is 0.404 e. The molecule has 0 radical (unpaired) electrons. The van der Waals surface area contributed by atoms with Crippen LogP contribution in [0.1, 0.15) is 48.9 Å². The lowest BCUT2D eigenvalue weighted by atomic mass is 9.90. The first-order chi connectivity index (χ1) is 13.0. The molecule has 0 saturated heterocycles. The molecule has 0 bridgehead atoms. The Morgan fingerprint density at radius 1 is 1.07 bits per heavy atom. The summed E-state index contributed by atoms with van der Waals surface area (Å²) in [5, 5.41) is 16.0. The van der Waals surface area contributed by atoms with E-state index in [1.807, 2.05) is 18.2 Å². The lowest BCUT2D eigenvalue weighted by molar-refractivity contribution is 0.0968. The number of nitrogens with one attached hydrogen (secondary N) is 2. The second-order valence-electron chi connectivity index (χ2n) is 7.49. The molecule has 1 aromatic carbocycles. The van der Waals surface area contributed by atoms with Crippen molar-refractivity contribution in [2.45, 2.75) is 50.6 Å². The Kier molecular flexibility index (Phi) is 5.04. The van der Waals surface area contributed by atoms with E-state index in [-0.39, 0.29) is 23.8 Å². The first kappa shape index (κ1) is 18.2. The van der Waals surface area contributed by atoms with Crippen LogP contribution >= 0.6 is 15.9 Å². The maximum absolute atomic E-state index is 12.8. The average Bonchev–Trinajstić information content (AvgIpc) is 3.48.